The Balaban J connectivity index is 0.937. The van der Waals surface area contributed by atoms with Crippen LogP contribution in [0.3, 0.4) is 0 Å². The quantitative estimate of drug-likeness (QED) is 0.113. The summed E-state index contributed by atoms with van der Waals surface area (Å²) in [5.74, 6) is 0.0677. The van der Waals surface area contributed by atoms with Crippen molar-refractivity contribution in [2.75, 3.05) is 32.8 Å². The molecular weight excluding hydrogens is 684 g/mol. The van der Waals surface area contributed by atoms with E-state index in [0.29, 0.717) is 36.2 Å². The summed E-state index contributed by atoms with van der Waals surface area (Å²) in [5, 5.41) is 0.369. The zero-order chi connectivity index (χ0) is 36.5. The lowest BCUT2D eigenvalue weighted by atomic mass is 10.1. The van der Waals surface area contributed by atoms with E-state index in [1.54, 1.807) is 30.4 Å². The van der Waals surface area contributed by atoms with Crippen molar-refractivity contribution in [2.24, 2.45) is 0 Å². The molecule has 1 fully saturated rings. The number of hydrogen-bond donors (Lipinski definition) is 0. The number of aromatic nitrogens is 1. The smallest absolute Gasteiger partial charge is 0.246 e. The van der Waals surface area contributed by atoms with E-state index in [2.05, 4.69) is 53.2 Å². The van der Waals surface area contributed by atoms with E-state index in [1.807, 2.05) is 30.0 Å². The molecule has 10 heteroatoms. The Morgan fingerprint density at radius 1 is 0.865 bits per heavy atom. The fraction of sp³-hybridized carbons (Fsp3) is 0.238. The van der Waals surface area contributed by atoms with Gasteiger partial charge in [0.2, 0.25) is 11.8 Å². The molecule has 0 spiro atoms. The predicted molar refractivity (Wildman–Crippen MR) is 199 cm³/mol. The number of nitrogens with zero attached hydrogens (tertiary/aromatic N) is 3. The summed E-state index contributed by atoms with van der Waals surface area (Å²) < 4.78 is 44.7. The third-order valence-corrected chi connectivity index (χ3v) is 9.09. The molecule has 0 atom stereocenters. The zero-order valence-electron chi connectivity index (χ0n) is 29.2. The van der Waals surface area contributed by atoms with Crippen molar-refractivity contribution in [2.45, 2.75) is 33.4 Å². The summed E-state index contributed by atoms with van der Waals surface area (Å²) in [6.07, 6.45) is 5.62. The molecule has 0 unspecified atom stereocenters. The molecule has 1 aliphatic heterocycles. The second-order valence-corrected chi connectivity index (χ2v) is 13.2. The summed E-state index contributed by atoms with van der Waals surface area (Å²) in [7, 11) is 0. The molecule has 4 aromatic carbocycles. The van der Waals surface area contributed by atoms with E-state index in [4.69, 9.17) is 25.8 Å². The second-order valence-electron chi connectivity index (χ2n) is 12.7. The van der Waals surface area contributed by atoms with Crippen molar-refractivity contribution in [3.63, 3.8) is 0 Å². The molecule has 2 heterocycles. The van der Waals surface area contributed by atoms with Gasteiger partial charge in [-0.15, -0.1) is 0 Å². The highest BCUT2D eigenvalue weighted by Gasteiger charge is 2.20. The molecule has 1 aromatic heterocycles. The molecule has 6 rings (SSSR count). The highest BCUT2D eigenvalue weighted by Crippen LogP contribution is 2.34. The molecule has 7 nitrogen and oxygen atoms in total. The van der Waals surface area contributed by atoms with Crippen LogP contribution < -0.4 is 14.2 Å². The van der Waals surface area contributed by atoms with Gasteiger partial charge in [-0.05, 0) is 78.6 Å². The molecule has 0 bridgehead atoms. The number of piperazine rings is 1. The van der Waals surface area contributed by atoms with E-state index in [-0.39, 0.29) is 24.0 Å². The largest absolute Gasteiger partial charge is 0.493 e. The van der Waals surface area contributed by atoms with Crippen LogP contribution in [0.2, 0.25) is 5.02 Å². The first kappa shape index (κ1) is 36.5. The van der Waals surface area contributed by atoms with Crippen LogP contribution in [0.5, 0.6) is 23.1 Å². The number of ether oxygens (including phenoxy) is 3. The van der Waals surface area contributed by atoms with Gasteiger partial charge in [0, 0.05) is 56.9 Å². The van der Waals surface area contributed by atoms with Gasteiger partial charge in [-0.3, -0.25) is 9.69 Å². The Kier molecular flexibility index (Phi) is 12.2. The molecule has 0 aliphatic carbocycles. The lowest BCUT2D eigenvalue weighted by Crippen LogP contribution is -2.47. The number of benzene rings is 4. The number of pyridine rings is 1. The first-order valence-electron chi connectivity index (χ1n) is 17.2. The maximum Gasteiger partial charge on any atom is 0.246 e. The molecule has 0 radical (unpaired) electrons. The van der Waals surface area contributed by atoms with Crippen molar-refractivity contribution in [1.82, 2.24) is 14.8 Å². The van der Waals surface area contributed by atoms with E-state index in [1.165, 1.54) is 35.0 Å². The molecular formula is C42H40ClF2N3O4. The van der Waals surface area contributed by atoms with E-state index < -0.39 is 11.6 Å². The number of carbonyl (C=O) groups excluding carboxylic acids is 1. The molecule has 1 saturated heterocycles. The maximum absolute atomic E-state index is 13.9. The van der Waals surface area contributed by atoms with Crippen LogP contribution in [0, 0.1) is 25.5 Å². The van der Waals surface area contributed by atoms with Crippen molar-refractivity contribution < 1.29 is 27.8 Å². The van der Waals surface area contributed by atoms with E-state index in [0.717, 1.165) is 49.0 Å². The van der Waals surface area contributed by atoms with Crippen molar-refractivity contribution in [3.05, 3.63) is 153 Å². The fourth-order valence-electron chi connectivity index (χ4n) is 5.81. The van der Waals surface area contributed by atoms with Gasteiger partial charge in [-0.2, -0.15) is 0 Å². The van der Waals surface area contributed by atoms with Crippen LogP contribution in [0.25, 0.3) is 6.08 Å². The van der Waals surface area contributed by atoms with Crippen molar-refractivity contribution >= 4 is 23.6 Å². The Labute approximate surface area is 308 Å². The summed E-state index contributed by atoms with van der Waals surface area (Å²) in [6.45, 7) is 8.17. The average Bonchev–Trinajstić information content (AvgIpc) is 3.15. The predicted octanol–water partition coefficient (Wildman–Crippen LogP) is 8.98. The molecule has 1 amide bonds. The summed E-state index contributed by atoms with van der Waals surface area (Å²) in [6, 6.07) is 27.6. The van der Waals surface area contributed by atoms with Crippen molar-refractivity contribution in [3.8, 4) is 23.1 Å². The van der Waals surface area contributed by atoms with Gasteiger partial charge < -0.3 is 19.1 Å². The number of aryl methyl sites for hydroxylation is 2. The lowest BCUT2D eigenvalue weighted by Gasteiger charge is -2.34. The van der Waals surface area contributed by atoms with Crippen LogP contribution in [0.15, 0.2) is 103 Å². The Bertz CT molecular complexity index is 1970. The summed E-state index contributed by atoms with van der Waals surface area (Å²) >= 11 is 6.58. The Morgan fingerprint density at radius 2 is 1.60 bits per heavy atom. The minimum atomic E-state index is -0.938. The van der Waals surface area contributed by atoms with Gasteiger partial charge in [0.05, 0.1) is 17.8 Å². The third-order valence-electron chi connectivity index (χ3n) is 8.81. The van der Waals surface area contributed by atoms with E-state index >= 15 is 0 Å². The normalized spacial score (nSPS) is 13.4. The second kappa shape index (κ2) is 17.3. The molecule has 0 saturated carbocycles. The van der Waals surface area contributed by atoms with Gasteiger partial charge in [0.1, 0.15) is 18.1 Å². The number of amides is 1. The van der Waals surface area contributed by atoms with Gasteiger partial charge in [0.25, 0.3) is 0 Å². The Morgan fingerprint density at radius 3 is 2.31 bits per heavy atom. The number of halogens is 3. The van der Waals surface area contributed by atoms with Crippen LogP contribution in [0.4, 0.5) is 8.78 Å². The zero-order valence-corrected chi connectivity index (χ0v) is 29.9. The molecule has 5 aromatic rings. The van der Waals surface area contributed by atoms with Gasteiger partial charge in [0.15, 0.2) is 17.4 Å². The standard InChI is InChI=1S/C42H40ClF2N3O4/c1-29-6-13-35(14-7-29)50-23-18-31-8-10-32(11-9-31)27-47-19-21-48(22-20-47)40(49)17-12-33-24-30(2)42(37(43)25-33)52-39-16-15-36(26-46-39)51-28-34-4-3-5-38(44)41(34)45/h3-17,24-26H,18-23,27-28H2,1-2H3. The average molecular weight is 724 g/mol. The number of hydrogen-bond acceptors (Lipinski definition) is 6. The third kappa shape index (κ3) is 9.96. The van der Waals surface area contributed by atoms with Gasteiger partial charge in [-0.1, -0.05) is 65.7 Å². The SMILES string of the molecule is Cc1ccc(OCCc2ccc(CN3CCN(C(=O)C=Cc4cc(C)c(Oc5ccc(OCc6cccc(F)c6F)cn5)c(Cl)c4)CC3)cc2)cc1. The van der Waals surface area contributed by atoms with Crippen molar-refractivity contribution in [1.29, 1.82) is 0 Å². The topological polar surface area (TPSA) is 64.1 Å². The minimum Gasteiger partial charge on any atom is -0.493 e. The first-order chi connectivity index (χ1) is 25.2. The molecule has 268 valence electrons. The summed E-state index contributed by atoms with van der Waals surface area (Å²) in [5.41, 5.74) is 5.35. The van der Waals surface area contributed by atoms with Crippen LogP contribution >= 0.6 is 11.6 Å². The first-order valence-corrected chi connectivity index (χ1v) is 17.5. The maximum atomic E-state index is 13.9. The minimum absolute atomic E-state index is 0.0439. The van der Waals surface area contributed by atoms with Gasteiger partial charge >= 0.3 is 0 Å². The highest BCUT2D eigenvalue weighted by molar-refractivity contribution is 6.32. The number of carbonyl (C=O) groups is 1. The monoisotopic (exact) mass is 723 g/mol. The molecule has 0 N–H and O–H groups in total. The van der Waals surface area contributed by atoms with Crippen LogP contribution in [-0.2, 0) is 24.4 Å². The van der Waals surface area contributed by atoms with Gasteiger partial charge in [-0.25, -0.2) is 13.8 Å². The van der Waals surface area contributed by atoms with Crippen LogP contribution in [0.1, 0.15) is 33.4 Å². The van der Waals surface area contributed by atoms with Crippen LogP contribution in [-0.4, -0.2) is 53.5 Å². The molecule has 1 aliphatic rings. The molecule has 52 heavy (non-hydrogen) atoms. The summed E-state index contributed by atoms with van der Waals surface area (Å²) in [4.78, 5) is 21.5. The number of rotatable bonds is 13. The fourth-order valence-corrected chi connectivity index (χ4v) is 6.12. The Hall–Kier alpha value is -5.25. The lowest BCUT2D eigenvalue weighted by molar-refractivity contribution is -0.127. The highest BCUT2D eigenvalue weighted by atomic mass is 35.5. The van der Waals surface area contributed by atoms with E-state index in [9.17, 15) is 13.6 Å².